The summed E-state index contributed by atoms with van der Waals surface area (Å²) in [6.07, 6.45) is 0. The molecule has 2 N–H and O–H groups in total. The number of ether oxygens (including phenoxy) is 2. The summed E-state index contributed by atoms with van der Waals surface area (Å²) in [5.41, 5.74) is 1.17. The summed E-state index contributed by atoms with van der Waals surface area (Å²) in [6, 6.07) is 8.17. The Morgan fingerprint density at radius 2 is 1.93 bits per heavy atom. The molecule has 0 bridgehead atoms. The van der Waals surface area contributed by atoms with Crippen LogP contribution in [0.1, 0.15) is 33.3 Å². The summed E-state index contributed by atoms with van der Waals surface area (Å²) in [5, 5.41) is 6.87. The molecule has 0 aromatic heterocycles. The van der Waals surface area contributed by atoms with Crippen molar-refractivity contribution in [3.8, 4) is 5.75 Å². The molecule has 1 heterocycles. The molecule has 152 valence electrons. The second-order valence-corrected chi connectivity index (χ2v) is 8.00. The van der Waals surface area contributed by atoms with Gasteiger partial charge in [-0.15, -0.1) is 0 Å². The van der Waals surface area contributed by atoms with E-state index in [9.17, 15) is 0 Å². The smallest absolute Gasteiger partial charge is 0.191 e. The van der Waals surface area contributed by atoms with E-state index >= 15 is 0 Å². The summed E-state index contributed by atoms with van der Waals surface area (Å²) in [5.74, 6) is 2.24. The highest BCUT2D eigenvalue weighted by molar-refractivity contribution is 5.79. The van der Waals surface area contributed by atoms with Gasteiger partial charge in [0.05, 0.1) is 19.8 Å². The Balaban J connectivity index is 1.87. The molecule has 0 amide bonds. The Hall–Kier alpha value is -1.79. The fourth-order valence-corrected chi connectivity index (χ4v) is 3.03. The molecule has 1 saturated heterocycles. The molecule has 27 heavy (non-hydrogen) atoms. The molecule has 0 atom stereocenters. The van der Waals surface area contributed by atoms with Crippen molar-refractivity contribution in [1.29, 1.82) is 0 Å². The number of rotatable bonds is 8. The van der Waals surface area contributed by atoms with Crippen LogP contribution in [0.3, 0.4) is 0 Å². The number of para-hydroxylation sites is 1. The van der Waals surface area contributed by atoms with E-state index < -0.39 is 0 Å². The Morgan fingerprint density at radius 1 is 1.22 bits per heavy atom. The molecule has 0 unspecified atom stereocenters. The first-order valence-electron chi connectivity index (χ1n) is 9.90. The molecule has 0 radical (unpaired) electrons. The molecule has 1 aliphatic rings. The Labute approximate surface area is 164 Å². The van der Waals surface area contributed by atoms with Crippen molar-refractivity contribution in [2.24, 2.45) is 10.9 Å². The van der Waals surface area contributed by atoms with Crippen LogP contribution in [0, 0.1) is 5.92 Å². The van der Waals surface area contributed by atoms with Gasteiger partial charge in [-0.05, 0) is 25.8 Å². The molecule has 0 saturated carbocycles. The molecule has 2 rings (SSSR count). The predicted octanol–water partition coefficient (Wildman–Crippen LogP) is 2.50. The lowest BCUT2D eigenvalue weighted by molar-refractivity contribution is -0.00834. The Kier molecular flexibility index (Phi) is 8.38. The Morgan fingerprint density at radius 3 is 2.59 bits per heavy atom. The number of nitrogens with one attached hydrogen (secondary N) is 2. The summed E-state index contributed by atoms with van der Waals surface area (Å²) in [7, 11) is 1.80. The van der Waals surface area contributed by atoms with E-state index in [1.54, 1.807) is 7.05 Å². The van der Waals surface area contributed by atoms with E-state index in [0.29, 0.717) is 12.5 Å². The fraction of sp³-hybridized carbons (Fsp3) is 0.667. The van der Waals surface area contributed by atoms with Crippen LogP contribution in [-0.4, -0.2) is 62.9 Å². The van der Waals surface area contributed by atoms with Crippen LogP contribution in [-0.2, 0) is 11.3 Å². The maximum Gasteiger partial charge on any atom is 0.191 e. The highest BCUT2D eigenvalue weighted by atomic mass is 16.5. The van der Waals surface area contributed by atoms with Gasteiger partial charge in [0.2, 0.25) is 0 Å². The molecular formula is C21H36N4O2. The zero-order chi connectivity index (χ0) is 19.7. The first-order chi connectivity index (χ1) is 12.9. The van der Waals surface area contributed by atoms with Gasteiger partial charge in [-0.25, -0.2) is 0 Å². The van der Waals surface area contributed by atoms with Crippen molar-refractivity contribution in [3.05, 3.63) is 29.8 Å². The third kappa shape index (κ3) is 7.03. The molecule has 6 nitrogen and oxygen atoms in total. The van der Waals surface area contributed by atoms with E-state index in [0.717, 1.165) is 56.7 Å². The van der Waals surface area contributed by atoms with Crippen LogP contribution in [0.4, 0.5) is 0 Å². The summed E-state index contributed by atoms with van der Waals surface area (Å²) in [6.45, 7) is 14.6. The van der Waals surface area contributed by atoms with Crippen LogP contribution >= 0.6 is 0 Å². The van der Waals surface area contributed by atoms with E-state index in [2.05, 4.69) is 54.3 Å². The number of morpholine rings is 1. The molecular weight excluding hydrogens is 340 g/mol. The first kappa shape index (κ1) is 21.5. The van der Waals surface area contributed by atoms with Crippen LogP contribution in [0.25, 0.3) is 0 Å². The zero-order valence-electron chi connectivity index (χ0n) is 17.5. The SMILES string of the molecule is CN=C(NCc1ccccc1OCC(C)C)NCC(C)(C)N1CCOCC1. The number of benzene rings is 1. The third-order valence-electron chi connectivity index (χ3n) is 4.77. The van der Waals surface area contributed by atoms with E-state index in [1.165, 1.54) is 0 Å². The molecule has 1 fully saturated rings. The minimum Gasteiger partial charge on any atom is -0.493 e. The van der Waals surface area contributed by atoms with E-state index in [-0.39, 0.29) is 5.54 Å². The number of aliphatic imine (C=N–C) groups is 1. The van der Waals surface area contributed by atoms with Gasteiger partial charge in [0, 0.05) is 44.3 Å². The third-order valence-corrected chi connectivity index (χ3v) is 4.77. The van der Waals surface area contributed by atoms with Crippen molar-refractivity contribution in [3.63, 3.8) is 0 Å². The summed E-state index contributed by atoms with van der Waals surface area (Å²) < 4.78 is 11.4. The minimum absolute atomic E-state index is 0.0414. The highest BCUT2D eigenvalue weighted by Gasteiger charge is 2.28. The van der Waals surface area contributed by atoms with Crippen molar-refractivity contribution in [2.45, 2.75) is 39.8 Å². The molecule has 1 aliphatic heterocycles. The lowest BCUT2D eigenvalue weighted by atomic mass is 10.0. The van der Waals surface area contributed by atoms with Gasteiger partial charge in [0.25, 0.3) is 0 Å². The second-order valence-electron chi connectivity index (χ2n) is 8.00. The number of guanidine groups is 1. The lowest BCUT2D eigenvalue weighted by Gasteiger charge is -2.41. The van der Waals surface area contributed by atoms with Crippen molar-refractivity contribution >= 4 is 5.96 Å². The van der Waals surface area contributed by atoms with Gasteiger partial charge in [-0.1, -0.05) is 32.0 Å². The average molecular weight is 377 g/mol. The van der Waals surface area contributed by atoms with Gasteiger partial charge in [-0.3, -0.25) is 9.89 Å². The van der Waals surface area contributed by atoms with E-state index in [4.69, 9.17) is 9.47 Å². The monoisotopic (exact) mass is 376 g/mol. The largest absolute Gasteiger partial charge is 0.493 e. The number of hydrogen-bond acceptors (Lipinski definition) is 4. The normalized spacial score (nSPS) is 16.4. The van der Waals surface area contributed by atoms with Crippen LogP contribution in [0.15, 0.2) is 29.3 Å². The highest BCUT2D eigenvalue weighted by Crippen LogP contribution is 2.19. The zero-order valence-corrected chi connectivity index (χ0v) is 17.5. The average Bonchev–Trinajstić information content (AvgIpc) is 2.68. The Bertz CT molecular complexity index is 596. The number of hydrogen-bond donors (Lipinski definition) is 2. The fourth-order valence-electron chi connectivity index (χ4n) is 3.03. The van der Waals surface area contributed by atoms with Crippen molar-refractivity contribution < 1.29 is 9.47 Å². The van der Waals surface area contributed by atoms with E-state index in [1.807, 2.05) is 18.2 Å². The van der Waals surface area contributed by atoms with Crippen LogP contribution < -0.4 is 15.4 Å². The van der Waals surface area contributed by atoms with Gasteiger partial charge in [0.1, 0.15) is 5.75 Å². The quantitative estimate of drug-likeness (QED) is 0.539. The first-order valence-corrected chi connectivity index (χ1v) is 9.90. The molecule has 1 aromatic carbocycles. The molecule has 0 aliphatic carbocycles. The maximum atomic E-state index is 5.94. The topological polar surface area (TPSA) is 58.1 Å². The van der Waals surface area contributed by atoms with Gasteiger partial charge < -0.3 is 20.1 Å². The second kappa shape index (κ2) is 10.5. The minimum atomic E-state index is 0.0414. The van der Waals surface area contributed by atoms with Gasteiger partial charge >= 0.3 is 0 Å². The maximum absolute atomic E-state index is 5.94. The predicted molar refractivity (Wildman–Crippen MR) is 111 cm³/mol. The molecule has 1 aromatic rings. The standard InChI is InChI=1S/C21H36N4O2/c1-17(2)15-27-19-9-7-6-8-18(19)14-23-20(22-5)24-16-21(3,4)25-10-12-26-13-11-25/h6-9,17H,10-16H2,1-5H3,(H2,22,23,24). The number of nitrogens with zero attached hydrogens (tertiary/aromatic N) is 2. The van der Waals surface area contributed by atoms with Crippen LogP contribution in [0.5, 0.6) is 5.75 Å². The summed E-state index contributed by atoms with van der Waals surface area (Å²) >= 11 is 0. The lowest BCUT2D eigenvalue weighted by Crippen LogP contribution is -2.56. The van der Waals surface area contributed by atoms with Gasteiger partial charge in [-0.2, -0.15) is 0 Å². The molecule has 6 heteroatoms. The van der Waals surface area contributed by atoms with Gasteiger partial charge in [0.15, 0.2) is 5.96 Å². The summed E-state index contributed by atoms with van der Waals surface area (Å²) in [4.78, 5) is 6.83. The van der Waals surface area contributed by atoms with Crippen molar-refractivity contribution in [1.82, 2.24) is 15.5 Å². The molecule has 0 spiro atoms. The van der Waals surface area contributed by atoms with Crippen LogP contribution in [0.2, 0.25) is 0 Å². The van der Waals surface area contributed by atoms with Crippen molar-refractivity contribution in [2.75, 3.05) is 46.5 Å².